The maximum Gasteiger partial charge on any atom is -0.0512 e. The Labute approximate surface area is 266 Å². The van der Waals surface area contributed by atoms with Crippen LogP contribution in [0.1, 0.15) is 0 Å². The zero-order chi connectivity index (χ0) is 29.7. The Bertz CT molecular complexity index is 2480. The molecule has 0 bridgehead atoms. The molecule has 0 unspecified atom stereocenters. The van der Waals surface area contributed by atoms with E-state index in [2.05, 4.69) is 91.0 Å². The van der Waals surface area contributed by atoms with Crippen LogP contribution in [0.25, 0.3) is 86.1 Å². The summed E-state index contributed by atoms with van der Waals surface area (Å²) in [5, 5.41) is 8.00. The molecule has 9 rings (SSSR count). The van der Waals surface area contributed by atoms with Crippen LogP contribution in [-0.2, 0) is 0 Å². The summed E-state index contributed by atoms with van der Waals surface area (Å²) in [5.41, 5.74) is 5.24. The predicted molar refractivity (Wildman–Crippen MR) is 189 cm³/mol. The van der Waals surface area contributed by atoms with Gasteiger partial charge in [-0.15, -0.1) is 0 Å². The van der Waals surface area contributed by atoms with Gasteiger partial charge in [-0.25, -0.2) is 0 Å². The van der Waals surface area contributed by atoms with Crippen molar-refractivity contribution < 1.29 is 0 Å². The van der Waals surface area contributed by atoms with E-state index in [0.717, 1.165) is 22.3 Å². The topological polar surface area (TPSA) is 38.7 Å². The summed E-state index contributed by atoms with van der Waals surface area (Å²) >= 11 is 0.279. The van der Waals surface area contributed by atoms with Gasteiger partial charge in [-0.05, 0) is 0 Å². The van der Waals surface area contributed by atoms with Crippen molar-refractivity contribution in [2.24, 2.45) is 0 Å². The van der Waals surface area contributed by atoms with E-state index in [1.807, 2.05) is 60.7 Å². The van der Waals surface area contributed by atoms with Crippen LogP contribution in [0.3, 0.4) is 0 Å². The Balaban J connectivity index is 1.25. The van der Waals surface area contributed by atoms with Crippen LogP contribution in [0.15, 0.2) is 152 Å². The maximum absolute atomic E-state index is 4.99. The molecule has 0 spiro atoms. The van der Waals surface area contributed by atoms with Crippen molar-refractivity contribution in [3.8, 4) is 45.3 Å². The second-order valence-electron chi connectivity index (χ2n) is 11.2. The van der Waals surface area contributed by atoms with Gasteiger partial charge >= 0.3 is 207 Å². The van der Waals surface area contributed by atoms with Gasteiger partial charge in [-0.1, -0.05) is 60.7 Å². The van der Waals surface area contributed by atoms with Crippen molar-refractivity contribution >= 4 is 55.3 Å². The number of aromatic nitrogens is 3. The third-order valence-electron chi connectivity index (χ3n) is 8.50. The second-order valence-corrected chi connectivity index (χ2v) is 13.4. The molecular weight excluding hydrogens is 613 g/mol. The maximum atomic E-state index is 4.99. The van der Waals surface area contributed by atoms with Gasteiger partial charge in [-0.3, -0.25) is 0 Å². The normalized spacial score (nSPS) is 11.6. The molecule has 0 amide bonds. The summed E-state index contributed by atoms with van der Waals surface area (Å²) in [4.78, 5) is 14.8. The van der Waals surface area contributed by atoms with Gasteiger partial charge < -0.3 is 0 Å². The van der Waals surface area contributed by atoms with Gasteiger partial charge in [0.1, 0.15) is 0 Å². The molecule has 0 aliphatic rings. The number of nitrogens with zero attached hydrogens (tertiary/aromatic N) is 3. The molecule has 0 aliphatic carbocycles. The van der Waals surface area contributed by atoms with E-state index in [1.165, 1.54) is 46.4 Å². The number of fused-ring (bicyclic) bond motifs is 7. The van der Waals surface area contributed by atoms with Crippen LogP contribution < -0.4 is 0 Å². The smallest absolute Gasteiger partial charge is 0.0512 e. The number of rotatable bonds is 4. The van der Waals surface area contributed by atoms with Gasteiger partial charge in [0.05, 0.1) is 0 Å². The fraction of sp³-hybridized carbons (Fsp3) is 0. The van der Waals surface area contributed by atoms with E-state index >= 15 is 0 Å². The second kappa shape index (κ2) is 10.6. The Morgan fingerprint density at radius 2 is 0.933 bits per heavy atom. The monoisotopic (exact) mass is 639 g/mol. The first-order valence-electron chi connectivity index (χ1n) is 15.0. The fourth-order valence-corrected chi connectivity index (χ4v) is 9.04. The molecule has 7 aromatic carbocycles. The standard InChI is InChI=1S/C41H25N3Se/c1-3-12-26(13-4-1)39-42-40(27-14-5-2-6-15-27)44-41(43-39)30-17-11-16-28(24-30)35-25-29-22-23-34-32-19-9-10-21-36(32)45-38(34)37(29)33-20-8-7-18-31(33)35/h1-25H. The third kappa shape index (κ3) is 4.46. The molecule has 45 heavy (non-hydrogen) atoms. The van der Waals surface area contributed by atoms with E-state index in [4.69, 9.17) is 15.0 Å². The first kappa shape index (κ1) is 26.0. The molecule has 210 valence electrons. The molecule has 0 saturated carbocycles. The van der Waals surface area contributed by atoms with Crippen LogP contribution in [0.4, 0.5) is 0 Å². The Hall–Kier alpha value is -5.41. The molecule has 0 saturated heterocycles. The number of benzene rings is 7. The molecule has 0 radical (unpaired) electrons. The van der Waals surface area contributed by atoms with E-state index in [0.29, 0.717) is 17.5 Å². The zero-order valence-electron chi connectivity index (χ0n) is 24.2. The number of hydrogen-bond donors (Lipinski definition) is 0. The quantitative estimate of drug-likeness (QED) is 0.142. The van der Waals surface area contributed by atoms with Crippen LogP contribution in [0, 0.1) is 0 Å². The minimum absolute atomic E-state index is 0.279. The molecule has 4 heteroatoms. The summed E-state index contributed by atoms with van der Waals surface area (Å²) in [7, 11) is 0. The summed E-state index contributed by atoms with van der Waals surface area (Å²) in [5.74, 6) is 1.99. The fourth-order valence-electron chi connectivity index (χ4n) is 6.37. The summed E-state index contributed by atoms with van der Waals surface area (Å²) in [6.07, 6.45) is 0. The molecule has 0 fully saturated rings. The Kier molecular flexibility index (Phi) is 6.15. The zero-order valence-corrected chi connectivity index (χ0v) is 25.9. The van der Waals surface area contributed by atoms with Crippen molar-refractivity contribution in [3.63, 3.8) is 0 Å². The molecule has 0 aliphatic heterocycles. The molecule has 2 aromatic heterocycles. The van der Waals surface area contributed by atoms with E-state index < -0.39 is 0 Å². The van der Waals surface area contributed by atoms with Gasteiger partial charge in [0.15, 0.2) is 0 Å². The average Bonchev–Trinajstić information content (AvgIpc) is 3.51. The SMILES string of the molecule is c1ccc(-c2nc(-c3ccccc3)nc(-c3cccc(-c4cc5ccc6c7ccccc7[se]c6c5c5ccccc45)c3)n2)cc1. The van der Waals surface area contributed by atoms with Crippen molar-refractivity contribution in [1.29, 1.82) is 0 Å². The summed E-state index contributed by atoms with van der Waals surface area (Å²) in [6, 6.07) is 53.6. The minimum atomic E-state index is 0.279. The number of hydrogen-bond acceptors (Lipinski definition) is 3. The van der Waals surface area contributed by atoms with Gasteiger partial charge in [0, 0.05) is 0 Å². The van der Waals surface area contributed by atoms with Crippen molar-refractivity contribution in [2.45, 2.75) is 0 Å². The van der Waals surface area contributed by atoms with Crippen LogP contribution in [0.2, 0.25) is 0 Å². The van der Waals surface area contributed by atoms with Crippen molar-refractivity contribution in [3.05, 3.63) is 152 Å². The van der Waals surface area contributed by atoms with Gasteiger partial charge in [0.2, 0.25) is 0 Å². The molecular formula is C41H25N3Se. The first-order chi connectivity index (χ1) is 22.3. The molecule has 9 aromatic rings. The van der Waals surface area contributed by atoms with Crippen molar-refractivity contribution in [1.82, 2.24) is 15.0 Å². The predicted octanol–water partition coefficient (Wildman–Crippen LogP) is 10.2. The Morgan fingerprint density at radius 3 is 1.64 bits per heavy atom. The third-order valence-corrected chi connectivity index (χ3v) is 11.0. The molecule has 2 heterocycles. The van der Waals surface area contributed by atoms with Crippen LogP contribution in [-0.4, -0.2) is 29.5 Å². The average molecular weight is 639 g/mol. The minimum Gasteiger partial charge on any atom is -0.0615 e. The van der Waals surface area contributed by atoms with Crippen molar-refractivity contribution in [2.75, 3.05) is 0 Å². The summed E-state index contributed by atoms with van der Waals surface area (Å²) in [6.45, 7) is 0. The van der Waals surface area contributed by atoms with Gasteiger partial charge in [0.25, 0.3) is 0 Å². The Morgan fingerprint density at radius 1 is 0.378 bits per heavy atom. The van der Waals surface area contributed by atoms with Crippen LogP contribution >= 0.6 is 0 Å². The van der Waals surface area contributed by atoms with Gasteiger partial charge in [-0.2, -0.15) is 0 Å². The molecule has 0 N–H and O–H groups in total. The summed E-state index contributed by atoms with van der Waals surface area (Å²) < 4.78 is 2.96. The molecule has 3 nitrogen and oxygen atoms in total. The van der Waals surface area contributed by atoms with E-state index in [9.17, 15) is 0 Å². The largest absolute Gasteiger partial charge is 0.0615 e. The molecule has 0 atom stereocenters. The van der Waals surface area contributed by atoms with E-state index in [1.54, 1.807) is 0 Å². The van der Waals surface area contributed by atoms with Crippen LogP contribution in [0.5, 0.6) is 0 Å². The first-order valence-corrected chi connectivity index (χ1v) is 16.7. The van der Waals surface area contributed by atoms with E-state index in [-0.39, 0.29) is 14.5 Å².